The van der Waals surface area contributed by atoms with E-state index in [1.807, 2.05) is 18.2 Å². The summed E-state index contributed by atoms with van der Waals surface area (Å²) in [6.45, 7) is 4.41. The Morgan fingerprint density at radius 1 is 1.00 bits per heavy atom. The average Bonchev–Trinajstić information content (AvgIpc) is 2.34. The van der Waals surface area contributed by atoms with Gasteiger partial charge in [0.1, 0.15) is 11.5 Å². The number of hydrogen-bond donors (Lipinski definition) is 1. The minimum Gasteiger partial charge on any atom is -0.497 e. The predicted molar refractivity (Wildman–Crippen MR) is 77.8 cm³/mol. The zero-order valence-corrected chi connectivity index (χ0v) is 12.4. The number of benzene rings is 1. The highest BCUT2D eigenvalue weighted by Crippen LogP contribution is 2.27. The number of nitrogens with two attached hydrogens (primary N) is 1. The zero-order chi connectivity index (χ0) is 12.8. The number of rotatable bonds is 6. The first-order chi connectivity index (χ1) is 8.06. The van der Waals surface area contributed by atoms with Crippen LogP contribution in [0.25, 0.3) is 0 Å². The molecule has 4 heteroatoms. The Bertz CT molecular complexity index is 333. The van der Waals surface area contributed by atoms with Crippen LogP contribution in [0.4, 0.5) is 0 Å². The average molecular weight is 274 g/mol. The summed E-state index contributed by atoms with van der Waals surface area (Å²) in [7, 11) is 3.30. The largest absolute Gasteiger partial charge is 0.497 e. The van der Waals surface area contributed by atoms with E-state index in [1.165, 1.54) is 0 Å². The maximum Gasteiger partial charge on any atom is 0.122 e. The smallest absolute Gasteiger partial charge is 0.122 e. The van der Waals surface area contributed by atoms with Crippen molar-refractivity contribution in [3.63, 3.8) is 0 Å². The molecule has 1 atom stereocenters. The summed E-state index contributed by atoms with van der Waals surface area (Å²) in [6.07, 6.45) is 2.11. The van der Waals surface area contributed by atoms with Gasteiger partial charge < -0.3 is 15.2 Å². The molecule has 0 aliphatic rings. The summed E-state index contributed by atoms with van der Waals surface area (Å²) in [4.78, 5) is 0. The lowest BCUT2D eigenvalue weighted by Crippen LogP contribution is -2.11. The van der Waals surface area contributed by atoms with Crippen molar-refractivity contribution in [3.8, 4) is 11.5 Å². The molecule has 0 fully saturated rings. The lowest BCUT2D eigenvalue weighted by molar-refractivity contribution is 0.392. The van der Waals surface area contributed by atoms with Crippen LogP contribution in [0.3, 0.4) is 0 Å². The van der Waals surface area contributed by atoms with Crippen LogP contribution in [-0.4, -0.2) is 14.2 Å². The lowest BCUT2D eigenvalue weighted by Gasteiger charge is -2.15. The quantitative estimate of drug-likeness (QED) is 0.862. The van der Waals surface area contributed by atoms with Crippen LogP contribution in [0.5, 0.6) is 11.5 Å². The molecule has 0 heterocycles. The molecule has 18 heavy (non-hydrogen) atoms. The van der Waals surface area contributed by atoms with Gasteiger partial charge in [0.15, 0.2) is 0 Å². The molecule has 2 N–H and O–H groups in total. The molecule has 1 rings (SSSR count). The van der Waals surface area contributed by atoms with E-state index in [2.05, 4.69) is 13.8 Å². The van der Waals surface area contributed by atoms with Crippen LogP contribution in [0.1, 0.15) is 38.3 Å². The molecule has 3 nitrogen and oxygen atoms in total. The van der Waals surface area contributed by atoms with E-state index in [9.17, 15) is 0 Å². The maximum atomic E-state index is 6.18. The second-order valence-electron chi connectivity index (χ2n) is 4.72. The molecular formula is C14H24ClNO2. The Morgan fingerprint density at radius 2 is 1.50 bits per heavy atom. The first kappa shape index (κ1) is 17.1. The van der Waals surface area contributed by atoms with Crippen molar-refractivity contribution in [2.75, 3.05) is 14.2 Å². The fourth-order valence-corrected chi connectivity index (χ4v) is 1.72. The van der Waals surface area contributed by atoms with E-state index < -0.39 is 0 Å². The van der Waals surface area contributed by atoms with Gasteiger partial charge >= 0.3 is 0 Å². The van der Waals surface area contributed by atoms with E-state index in [0.29, 0.717) is 5.92 Å². The molecular weight excluding hydrogens is 250 g/mol. The van der Waals surface area contributed by atoms with Crippen molar-refractivity contribution in [3.05, 3.63) is 23.8 Å². The minimum absolute atomic E-state index is 0. The molecule has 0 unspecified atom stereocenters. The second-order valence-corrected chi connectivity index (χ2v) is 4.72. The normalized spacial score (nSPS) is 11.9. The van der Waals surface area contributed by atoms with Gasteiger partial charge in [-0.15, -0.1) is 12.4 Å². The van der Waals surface area contributed by atoms with Crippen LogP contribution < -0.4 is 15.2 Å². The molecule has 104 valence electrons. The number of methoxy groups -OCH3 is 2. The van der Waals surface area contributed by atoms with Crippen LogP contribution >= 0.6 is 12.4 Å². The lowest BCUT2D eigenvalue weighted by atomic mass is 9.98. The molecule has 0 amide bonds. The molecule has 1 aromatic carbocycles. The molecule has 0 bridgehead atoms. The fourth-order valence-electron chi connectivity index (χ4n) is 1.72. The summed E-state index contributed by atoms with van der Waals surface area (Å²) in [5, 5.41) is 0. The van der Waals surface area contributed by atoms with Gasteiger partial charge in [-0.3, -0.25) is 0 Å². The van der Waals surface area contributed by atoms with Crippen LogP contribution in [-0.2, 0) is 0 Å². The van der Waals surface area contributed by atoms with Crippen molar-refractivity contribution in [2.24, 2.45) is 11.7 Å². The molecule has 0 aliphatic heterocycles. The predicted octanol–water partition coefficient (Wildman–Crippen LogP) is 3.56. The molecule has 0 aromatic heterocycles. The van der Waals surface area contributed by atoms with Crippen molar-refractivity contribution in [2.45, 2.75) is 32.7 Å². The number of hydrogen-bond acceptors (Lipinski definition) is 3. The van der Waals surface area contributed by atoms with Gasteiger partial charge in [-0.1, -0.05) is 13.8 Å². The number of ether oxygens (including phenoxy) is 2. The second kappa shape index (κ2) is 8.22. The summed E-state index contributed by atoms with van der Waals surface area (Å²) >= 11 is 0. The topological polar surface area (TPSA) is 44.5 Å². The van der Waals surface area contributed by atoms with Crippen LogP contribution in [0.2, 0.25) is 0 Å². The van der Waals surface area contributed by atoms with Gasteiger partial charge in [0.25, 0.3) is 0 Å². The summed E-state index contributed by atoms with van der Waals surface area (Å²) in [5.41, 5.74) is 7.25. The van der Waals surface area contributed by atoms with Crippen molar-refractivity contribution in [1.82, 2.24) is 0 Å². The SMILES string of the molecule is COc1cc(OC)cc([C@@H](N)CCC(C)C)c1.Cl. The first-order valence-corrected chi connectivity index (χ1v) is 6.05. The van der Waals surface area contributed by atoms with Crippen molar-refractivity contribution >= 4 is 12.4 Å². The van der Waals surface area contributed by atoms with Crippen molar-refractivity contribution in [1.29, 1.82) is 0 Å². The van der Waals surface area contributed by atoms with Gasteiger partial charge in [-0.2, -0.15) is 0 Å². The van der Waals surface area contributed by atoms with Crippen LogP contribution in [0.15, 0.2) is 18.2 Å². The van der Waals surface area contributed by atoms with E-state index in [1.54, 1.807) is 14.2 Å². The summed E-state index contributed by atoms with van der Waals surface area (Å²) in [6, 6.07) is 5.86. The Kier molecular flexibility index (Phi) is 7.80. The summed E-state index contributed by atoms with van der Waals surface area (Å²) in [5.74, 6) is 2.26. The number of halogens is 1. The van der Waals surface area contributed by atoms with Gasteiger partial charge in [-0.05, 0) is 36.5 Å². The minimum atomic E-state index is 0. The fraction of sp³-hybridized carbons (Fsp3) is 0.571. The zero-order valence-electron chi connectivity index (χ0n) is 11.6. The molecule has 0 radical (unpaired) electrons. The molecule has 0 spiro atoms. The van der Waals surface area contributed by atoms with Crippen molar-refractivity contribution < 1.29 is 9.47 Å². The highest BCUT2D eigenvalue weighted by Gasteiger charge is 2.10. The van der Waals surface area contributed by atoms with Crippen LogP contribution in [0, 0.1) is 5.92 Å². The Morgan fingerprint density at radius 3 is 1.89 bits per heavy atom. The monoisotopic (exact) mass is 273 g/mol. The van der Waals surface area contributed by atoms with E-state index in [-0.39, 0.29) is 18.4 Å². The maximum absolute atomic E-state index is 6.18. The Balaban J connectivity index is 0.00000289. The third-order valence-electron chi connectivity index (χ3n) is 2.86. The standard InChI is InChI=1S/C14H23NO2.ClH/c1-10(2)5-6-14(15)11-7-12(16-3)9-13(8-11)17-4;/h7-10,14H,5-6,15H2,1-4H3;1H/t14-;/m0./s1. The molecule has 1 aromatic rings. The first-order valence-electron chi connectivity index (χ1n) is 6.05. The van der Waals surface area contributed by atoms with Gasteiger partial charge in [-0.25, -0.2) is 0 Å². The Labute approximate surface area is 116 Å². The third-order valence-corrected chi connectivity index (χ3v) is 2.86. The highest BCUT2D eigenvalue weighted by atomic mass is 35.5. The molecule has 0 aliphatic carbocycles. The Hall–Kier alpha value is -0.930. The van der Waals surface area contributed by atoms with Gasteiger partial charge in [0.05, 0.1) is 14.2 Å². The van der Waals surface area contributed by atoms with E-state index in [4.69, 9.17) is 15.2 Å². The third kappa shape index (κ3) is 5.15. The van der Waals surface area contributed by atoms with Gasteiger partial charge in [0, 0.05) is 12.1 Å². The van der Waals surface area contributed by atoms with E-state index in [0.717, 1.165) is 29.9 Å². The summed E-state index contributed by atoms with van der Waals surface area (Å²) < 4.78 is 10.5. The molecule has 0 saturated carbocycles. The molecule has 0 saturated heterocycles. The van der Waals surface area contributed by atoms with Gasteiger partial charge in [0.2, 0.25) is 0 Å². The highest BCUT2D eigenvalue weighted by molar-refractivity contribution is 5.85. The van der Waals surface area contributed by atoms with E-state index >= 15 is 0 Å².